The number of rotatable bonds is 78. The summed E-state index contributed by atoms with van der Waals surface area (Å²) in [6.45, 7) is 9.53. The maximum atomic E-state index is 13.1. The van der Waals surface area contributed by atoms with Gasteiger partial charge in [0.15, 0.2) is 12.2 Å². The molecule has 0 spiro atoms. The molecule has 0 saturated heterocycles. The van der Waals surface area contributed by atoms with E-state index in [-0.39, 0.29) is 25.7 Å². The first-order valence-electron chi connectivity index (χ1n) is 41.0. The fraction of sp³-hybridized carbons (Fsp3) is 0.949. The van der Waals surface area contributed by atoms with Crippen molar-refractivity contribution in [2.24, 2.45) is 11.8 Å². The number of hydrogen-bond donors (Lipinski definition) is 3. The Kier molecular flexibility index (Phi) is 69.3. The number of aliphatic hydroxyl groups excluding tert-OH is 1. The topological polar surface area (TPSA) is 237 Å². The minimum atomic E-state index is -4.96. The number of unbranched alkanes of at least 4 members (excludes halogenated alkanes) is 47. The molecule has 0 heterocycles. The molecule has 0 aliphatic carbocycles. The largest absolute Gasteiger partial charge is 0.472 e. The Morgan fingerprint density at radius 2 is 0.520 bits per heavy atom. The molecule has 0 radical (unpaired) electrons. The van der Waals surface area contributed by atoms with Crippen LogP contribution in [0.25, 0.3) is 0 Å². The molecule has 3 N–H and O–H groups in total. The fourth-order valence-corrected chi connectivity index (χ4v) is 13.7. The van der Waals surface area contributed by atoms with Gasteiger partial charge in [0.05, 0.1) is 26.4 Å². The van der Waals surface area contributed by atoms with Crippen molar-refractivity contribution in [2.45, 2.75) is 432 Å². The lowest BCUT2D eigenvalue weighted by atomic mass is 9.99. The zero-order chi connectivity index (χ0) is 72.1. The maximum Gasteiger partial charge on any atom is 0.472 e. The van der Waals surface area contributed by atoms with E-state index in [1.54, 1.807) is 0 Å². The molecule has 0 aromatic carbocycles. The zero-order valence-electron chi connectivity index (χ0n) is 64.1. The monoisotopic (exact) mass is 1440 g/mol. The Bertz CT molecular complexity index is 1890. The van der Waals surface area contributed by atoms with Crippen LogP contribution in [0.4, 0.5) is 0 Å². The average molecular weight is 1440 g/mol. The summed E-state index contributed by atoms with van der Waals surface area (Å²) in [6, 6.07) is 0. The van der Waals surface area contributed by atoms with Crippen LogP contribution in [0.3, 0.4) is 0 Å². The highest BCUT2D eigenvalue weighted by molar-refractivity contribution is 7.47. The molecule has 17 nitrogen and oxygen atoms in total. The second-order valence-corrected chi connectivity index (χ2v) is 32.1. The van der Waals surface area contributed by atoms with E-state index in [1.807, 2.05) is 0 Å². The summed E-state index contributed by atoms with van der Waals surface area (Å²) in [4.78, 5) is 72.9. The normalized spacial score (nSPS) is 14.2. The summed E-state index contributed by atoms with van der Waals surface area (Å²) in [5.41, 5.74) is 0. The molecule has 0 aliphatic heterocycles. The molecule has 0 bridgehead atoms. The van der Waals surface area contributed by atoms with E-state index in [0.29, 0.717) is 31.6 Å². The van der Waals surface area contributed by atoms with E-state index in [0.717, 1.165) is 102 Å². The molecular weight excluding hydrogens is 1280 g/mol. The average Bonchev–Trinajstić information content (AvgIpc) is 1.71. The highest BCUT2D eigenvalue weighted by atomic mass is 31.2. The van der Waals surface area contributed by atoms with Crippen LogP contribution in [-0.4, -0.2) is 96.7 Å². The Morgan fingerprint density at radius 1 is 0.296 bits per heavy atom. The van der Waals surface area contributed by atoms with Crippen molar-refractivity contribution >= 4 is 39.5 Å². The second kappa shape index (κ2) is 70.7. The third kappa shape index (κ3) is 71.1. The third-order valence-electron chi connectivity index (χ3n) is 18.8. The molecule has 0 aliphatic rings. The molecular formula is C79H154O17P2. The fourth-order valence-electron chi connectivity index (χ4n) is 12.2. The van der Waals surface area contributed by atoms with Crippen molar-refractivity contribution in [3.8, 4) is 0 Å². The first-order valence-corrected chi connectivity index (χ1v) is 44.0. The Balaban J connectivity index is 5.20. The van der Waals surface area contributed by atoms with Gasteiger partial charge in [-0.25, -0.2) is 9.13 Å². The van der Waals surface area contributed by atoms with Gasteiger partial charge < -0.3 is 33.8 Å². The van der Waals surface area contributed by atoms with Crippen molar-refractivity contribution in [2.75, 3.05) is 39.6 Å². The van der Waals surface area contributed by atoms with Gasteiger partial charge in [0, 0.05) is 25.7 Å². The predicted molar refractivity (Wildman–Crippen MR) is 400 cm³/mol. The molecule has 582 valence electrons. The number of phosphoric acid groups is 2. The molecule has 0 amide bonds. The molecule has 19 heteroatoms. The smallest absolute Gasteiger partial charge is 0.462 e. The van der Waals surface area contributed by atoms with Crippen molar-refractivity contribution < 1.29 is 80.2 Å². The standard InChI is InChI=1S/C79H154O17P2/c1-7-10-12-14-16-18-20-22-24-26-27-28-29-30-32-34-36-38-43-51-57-63-78(83)95-74(67-89-76(81)61-55-49-42-37-35-33-31-25-23-21-19-17-15-13-11-8-2)69-93-97(85,86)91-65-73(80)66-92-98(87,88)94-70-75(68-90-77(82)62-56-50-46-45-47-53-59-71(4)5)96-79(84)64-58-52-44-40-39-41-48-54-60-72(6)9-3/h71-75,80H,7-70H2,1-6H3,(H,85,86)(H,87,88)/t72?,73-,74-,75-/m1/s1. The van der Waals surface area contributed by atoms with Crippen molar-refractivity contribution in [3.63, 3.8) is 0 Å². The number of carbonyl (C=O) groups excluding carboxylic acids is 4. The van der Waals surface area contributed by atoms with Gasteiger partial charge in [-0.3, -0.25) is 37.3 Å². The van der Waals surface area contributed by atoms with Crippen LogP contribution in [0, 0.1) is 11.8 Å². The molecule has 0 saturated carbocycles. The molecule has 0 aromatic rings. The Labute approximate surface area is 600 Å². The van der Waals surface area contributed by atoms with Crippen LogP contribution in [0.1, 0.15) is 414 Å². The first-order chi connectivity index (χ1) is 47.4. The SMILES string of the molecule is CCCCCCCCCCCCCCCCCCCCCCCC(=O)O[C@H](COC(=O)CCCCCCCCCCCCCCCCCC)COP(=O)(O)OC[C@@H](O)COP(=O)(O)OC[C@@H](COC(=O)CCCCCCCCC(C)C)OC(=O)CCCCCCCCCCC(C)CC. The van der Waals surface area contributed by atoms with Gasteiger partial charge in [-0.05, 0) is 37.5 Å². The van der Waals surface area contributed by atoms with Gasteiger partial charge in [0.2, 0.25) is 0 Å². The molecule has 0 fully saturated rings. The molecule has 98 heavy (non-hydrogen) atoms. The number of ether oxygens (including phenoxy) is 4. The van der Waals surface area contributed by atoms with Crippen LogP contribution in [0.2, 0.25) is 0 Å². The second-order valence-electron chi connectivity index (χ2n) is 29.2. The van der Waals surface area contributed by atoms with Crippen LogP contribution < -0.4 is 0 Å². The number of aliphatic hydroxyl groups is 1. The number of esters is 4. The van der Waals surface area contributed by atoms with Gasteiger partial charge in [-0.2, -0.15) is 0 Å². The minimum absolute atomic E-state index is 0.104. The summed E-state index contributed by atoms with van der Waals surface area (Å²) in [6.07, 6.45) is 59.9. The van der Waals surface area contributed by atoms with Crippen LogP contribution in [-0.2, 0) is 65.4 Å². The number of carbonyl (C=O) groups is 4. The molecule has 0 aromatic heterocycles. The van der Waals surface area contributed by atoms with Crippen molar-refractivity contribution in [1.29, 1.82) is 0 Å². The summed E-state index contributed by atoms with van der Waals surface area (Å²) in [5, 5.41) is 10.6. The van der Waals surface area contributed by atoms with Crippen molar-refractivity contribution in [1.82, 2.24) is 0 Å². The van der Waals surface area contributed by atoms with E-state index >= 15 is 0 Å². The van der Waals surface area contributed by atoms with E-state index in [9.17, 15) is 43.2 Å². The zero-order valence-corrected chi connectivity index (χ0v) is 65.9. The van der Waals surface area contributed by atoms with Crippen LogP contribution >= 0.6 is 15.6 Å². The minimum Gasteiger partial charge on any atom is -0.462 e. The quantitative estimate of drug-likeness (QED) is 0.0222. The third-order valence-corrected chi connectivity index (χ3v) is 20.7. The van der Waals surface area contributed by atoms with E-state index in [4.69, 9.17) is 37.0 Å². The lowest BCUT2D eigenvalue weighted by molar-refractivity contribution is -0.161. The van der Waals surface area contributed by atoms with Crippen LogP contribution in [0.5, 0.6) is 0 Å². The highest BCUT2D eigenvalue weighted by Crippen LogP contribution is 2.45. The number of hydrogen-bond acceptors (Lipinski definition) is 15. The van der Waals surface area contributed by atoms with Gasteiger partial charge in [0.25, 0.3) is 0 Å². The molecule has 0 rings (SSSR count). The number of phosphoric ester groups is 2. The summed E-state index contributed by atoms with van der Waals surface area (Å²) < 4.78 is 68.6. The van der Waals surface area contributed by atoms with Gasteiger partial charge in [-0.1, -0.05) is 363 Å². The van der Waals surface area contributed by atoms with Gasteiger partial charge >= 0.3 is 39.5 Å². The first kappa shape index (κ1) is 96.1. The summed E-state index contributed by atoms with van der Waals surface area (Å²) in [5.74, 6) is -0.667. The van der Waals surface area contributed by atoms with Crippen molar-refractivity contribution in [3.05, 3.63) is 0 Å². The highest BCUT2D eigenvalue weighted by Gasteiger charge is 2.30. The lowest BCUT2D eigenvalue weighted by Crippen LogP contribution is -2.30. The van der Waals surface area contributed by atoms with E-state index in [1.165, 1.54) is 225 Å². The summed E-state index contributed by atoms with van der Waals surface area (Å²) >= 11 is 0. The maximum absolute atomic E-state index is 13.1. The Hall–Kier alpha value is -1.94. The molecule has 3 unspecified atom stereocenters. The predicted octanol–water partition coefficient (Wildman–Crippen LogP) is 23.5. The molecule has 6 atom stereocenters. The van der Waals surface area contributed by atoms with Gasteiger partial charge in [0.1, 0.15) is 19.3 Å². The lowest BCUT2D eigenvalue weighted by Gasteiger charge is -2.21. The Morgan fingerprint density at radius 3 is 0.776 bits per heavy atom. The van der Waals surface area contributed by atoms with Crippen LogP contribution in [0.15, 0.2) is 0 Å². The van der Waals surface area contributed by atoms with E-state index < -0.39 is 97.5 Å². The van der Waals surface area contributed by atoms with Gasteiger partial charge in [-0.15, -0.1) is 0 Å². The summed E-state index contributed by atoms with van der Waals surface area (Å²) in [7, 11) is -9.91. The van der Waals surface area contributed by atoms with E-state index in [2.05, 4.69) is 41.5 Å².